The first-order valence-electron chi connectivity index (χ1n) is 7.33. The number of fused-ring (bicyclic) bond motifs is 1. The monoisotopic (exact) mass is 280 g/mol. The maximum atomic E-state index is 5.45. The van der Waals surface area contributed by atoms with Gasteiger partial charge in [-0.2, -0.15) is 4.98 Å². The third-order valence-corrected chi connectivity index (χ3v) is 3.94. The van der Waals surface area contributed by atoms with Crippen LogP contribution in [0.5, 0.6) is 0 Å². The molecule has 0 radical (unpaired) electrons. The second-order valence-corrected chi connectivity index (χ2v) is 5.34. The first-order valence-corrected chi connectivity index (χ1v) is 7.33. The second-order valence-electron chi connectivity index (χ2n) is 5.34. The van der Waals surface area contributed by atoms with E-state index in [1.807, 2.05) is 24.3 Å². The minimum absolute atomic E-state index is 0.200. The molecule has 0 bridgehead atoms. The van der Waals surface area contributed by atoms with Crippen LogP contribution >= 0.6 is 0 Å². The van der Waals surface area contributed by atoms with Crippen molar-refractivity contribution in [3.63, 3.8) is 0 Å². The summed E-state index contributed by atoms with van der Waals surface area (Å²) in [6, 6.07) is 10.3. The topological polar surface area (TPSA) is 63.8 Å². The van der Waals surface area contributed by atoms with E-state index >= 15 is 0 Å². The van der Waals surface area contributed by atoms with E-state index in [9.17, 15) is 0 Å². The van der Waals surface area contributed by atoms with Crippen LogP contribution in [0.15, 0.2) is 41.1 Å². The Morgan fingerprint density at radius 1 is 1.14 bits per heavy atom. The number of hydrogen-bond acceptors (Lipinski definition) is 5. The molecule has 106 valence electrons. The first kappa shape index (κ1) is 12.5. The summed E-state index contributed by atoms with van der Waals surface area (Å²) in [7, 11) is 0. The van der Waals surface area contributed by atoms with E-state index in [2.05, 4.69) is 26.5 Å². The van der Waals surface area contributed by atoms with E-state index in [1.54, 1.807) is 6.20 Å². The van der Waals surface area contributed by atoms with Crippen molar-refractivity contribution in [2.75, 3.05) is 6.54 Å². The highest BCUT2D eigenvalue weighted by Crippen LogP contribution is 2.27. The van der Waals surface area contributed by atoms with Gasteiger partial charge in [0.15, 0.2) is 5.82 Å². The molecule has 21 heavy (non-hydrogen) atoms. The van der Waals surface area contributed by atoms with Crippen LogP contribution in [-0.4, -0.2) is 21.7 Å². The van der Waals surface area contributed by atoms with Crippen LogP contribution in [0.3, 0.4) is 0 Å². The molecule has 1 atom stereocenters. The largest absolute Gasteiger partial charge is 0.332 e. The van der Waals surface area contributed by atoms with Gasteiger partial charge in [-0.05, 0) is 30.8 Å². The van der Waals surface area contributed by atoms with E-state index in [4.69, 9.17) is 4.52 Å². The van der Waals surface area contributed by atoms with Crippen LogP contribution in [0.2, 0.25) is 0 Å². The lowest BCUT2D eigenvalue weighted by molar-refractivity contribution is 0.366. The van der Waals surface area contributed by atoms with Crippen molar-refractivity contribution in [2.45, 2.75) is 25.3 Å². The molecular formula is C16H16N4O. The smallest absolute Gasteiger partial charge is 0.277 e. The van der Waals surface area contributed by atoms with Crippen LogP contribution in [0.1, 0.15) is 31.1 Å². The zero-order chi connectivity index (χ0) is 14.1. The Bertz CT molecular complexity index is 756. The molecule has 1 saturated heterocycles. The molecule has 0 spiro atoms. The molecule has 1 unspecified atom stereocenters. The molecule has 5 nitrogen and oxygen atoms in total. The summed E-state index contributed by atoms with van der Waals surface area (Å²) < 4.78 is 5.45. The van der Waals surface area contributed by atoms with Gasteiger partial charge in [0.2, 0.25) is 0 Å². The van der Waals surface area contributed by atoms with Crippen LogP contribution in [-0.2, 0) is 0 Å². The molecule has 0 saturated carbocycles. The SMILES string of the molecule is c1ccc2c(-c3nc(C4CCCCN4)no3)nccc2c1. The maximum absolute atomic E-state index is 5.45. The highest BCUT2D eigenvalue weighted by Gasteiger charge is 2.21. The minimum Gasteiger partial charge on any atom is -0.332 e. The van der Waals surface area contributed by atoms with Gasteiger partial charge in [0.1, 0.15) is 5.69 Å². The van der Waals surface area contributed by atoms with Gasteiger partial charge in [-0.15, -0.1) is 0 Å². The highest BCUT2D eigenvalue weighted by atomic mass is 16.5. The Labute approximate surface area is 122 Å². The molecule has 3 aromatic rings. The molecular weight excluding hydrogens is 264 g/mol. The van der Waals surface area contributed by atoms with Crippen LogP contribution in [0.4, 0.5) is 0 Å². The number of rotatable bonds is 2. The molecule has 2 aromatic heterocycles. The van der Waals surface area contributed by atoms with Crippen LogP contribution < -0.4 is 5.32 Å². The summed E-state index contributed by atoms with van der Waals surface area (Å²) in [6.07, 6.45) is 5.25. The third kappa shape index (κ3) is 2.29. The Morgan fingerprint density at radius 3 is 3.00 bits per heavy atom. The average molecular weight is 280 g/mol. The fourth-order valence-electron chi connectivity index (χ4n) is 2.83. The number of pyridine rings is 1. The molecule has 1 aliphatic heterocycles. The summed E-state index contributed by atoms with van der Waals surface area (Å²) in [5, 5.41) is 9.72. The molecule has 3 heterocycles. The number of nitrogens with one attached hydrogen (secondary N) is 1. The summed E-state index contributed by atoms with van der Waals surface area (Å²) >= 11 is 0. The molecule has 1 aliphatic rings. The molecule has 1 aromatic carbocycles. The van der Waals surface area contributed by atoms with Gasteiger partial charge in [0, 0.05) is 11.6 Å². The van der Waals surface area contributed by atoms with Crippen molar-refractivity contribution in [1.29, 1.82) is 0 Å². The fourth-order valence-corrected chi connectivity index (χ4v) is 2.83. The highest BCUT2D eigenvalue weighted by molar-refractivity contribution is 5.92. The van der Waals surface area contributed by atoms with Crippen molar-refractivity contribution in [1.82, 2.24) is 20.4 Å². The quantitative estimate of drug-likeness (QED) is 0.781. The van der Waals surface area contributed by atoms with Crippen molar-refractivity contribution < 1.29 is 4.52 Å². The second kappa shape index (κ2) is 5.26. The maximum Gasteiger partial charge on any atom is 0.277 e. The number of benzene rings is 1. The number of piperidine rings is 1. The van der Waals surface area contributed by atoms with E-state index in [-0.39, 0.29) is 6.04 Å². The minimum atomic E-state index is 0.200. The van der Waals surface area contributed by atoms with E-state index < -0.39 is 0 Å². The molecule has 0 amide bonds. The lowest BCUT2D eigenvalue weighted by atomic mass is 10.0. The van der Waals surface area contributed by atoms with Crippen LogP contribution in [0.25, 0.3) is 22.4 Å². The summed E-state index contributed by atoms with van der Waals surface area (Å²) in [5.41, 5.74) is 0.752. The molecule has 5 heteroatoms. The van der Waals surface area contributed by atoms with Gasteiger partial charge in [-0.3, -0.25) is 4.98 Å². The zero-order valence-electron chi connectivity index (χ0n) is 11.6. The summed E-state index contributed by atoms with van der Waals surface area (Å²) in [5.74, 6) is 1.23. The fraction of sp³-hybridized carbons (Fsp3) is 0.312. The average Bonchev–Trinajstić information content (AvgIpc) is 3.05. The van der Waals surface area contributed by atoms with Crippen molar-refractivity contribution in [3.05, 3.63) is 42.4 Å². The number of hydrogen-bond donors (Lipinski definition) is 1. The van der Waals surface area contributed by atoms with Crippen LogP contribution in [0, 0.1) is 0 Å². The zero-order valence-corrected chi connectivity index (χ0v) is 11.6. The molecule has 0 aliphatic carbocycles. The lowest BCUT2D eigenvalue weighted by Gasteiger charge is -2.19. The van der Waals surface area contributed by atoms with Gasteiger partial charge in [0.25, 0.3) is 5.89 Å². The Kier molecular flexibility index (Phi) is 3.12. The third-order valence-electron chi connectivity index (χ3n) is 3.94. The predicted octanol–water partition coefficient (Wildman–Crippen LogP) is 3.10. The lowest BCUT2D eigenvalue weighted by Crippen LogP contribution is -2.27. The Hall–Kier alpha value is -2.27. The Morgan fingerprint density at radius 2 is 2.10 bits per heavy atom. The molecule has 1 N–H and O–H groups in total. The Balaban J connectivity index is 1.74. The summed E-state index contributed by atoms with van der Waals surface area (Å²) in [6.45, 7) is 1.01. The standard InChI is InChI=1S/C16H16N4O/c1-2-6-12-11(5-1)8-10-18-14(12)16-19-15(20-21-16)13-7-3-4-9-17-13/h1-2,5-6,8,10,13,17H,3-4,7,9H2. The van der Waals surface area contributed by atoms with Crippen molar-refractivity contribution in [2.24, 2.45) is 0 Å². The van der Waals surface area contributed by atoms with E-state index in [0.29, 0.717) is 5.89 Å². The van der Waals surface area contributed by atoms with Gasteiger partial charge in [-0.25, -0.2) is 0 Å². The molecule has 1 fully saturated rings. The van der Waals surface area contributed by atoms with E-state index in [0.717, 1.165) is 35.3 Å². The normalized spacial score (nSPS) is 19.0. The predicted molar refractivity (Wildman–Crippen MR) is 79.6 cm³/mol. The number of aromatic nitrogens is 3. The number of nitrogens with zero attached hydrogens (tertiary/aromatic N) is 3. The summed E-state index contributed by atoms with van der Waals surface area (Å²) in [4.78, 5) is 8.97. The van der Waals surface area contributed by atoms with E-state index in [1.165, 1.54) is 12.8 Å². The van der Waals surface area contributed by atoms with Gasteiger partial charge in [-0.1, -0.05) is 35.8 Å². The molecule has 4 rings (SSSR count). The van der Waals surface area contributed by atoms with Crippen molar-refractivity contribution in [3.8, 4) is 11.6 Å². The van der Waals surface area contributed by atoms with Crippen molar-refractivity contribution >= 4 is 10.8 Å². The van der Waals surface area contributed by atoms with Gasteiger partial charge >= 0.3 is 0 Å². The first-order chi connectivity index (χ1) is 10.4. The van der Waals surface area contributed by atoms with Gasteiger partial charge < -0.3 is 9.84 Å². The van der Waals surface area contributed by atoms with Gasteiger partial charge in [0.05, 0.1) is 6.04 Å².